The van der Waals surface area contributed by atoms with Crippen LogP contribution in [0.2, 0.25) is 0 Å². The maximum atomic E-state index is 10.8. The maximum absolute atomic E-state index is 10.8. The third-order valence-electron chi connectivity index (χ3n) is 1.14. The number of amides is 3. The van der Waals surface area contributed by atoms with Crippen molar-refractivity contribution in [1.82, 2.24) is 5.32 Å². The number of nitrogens with one attached hydrogen (secondary N) is 1. The van der Waals surface area contributed by atoms with Gasteiger partial charge < -0.3 is 5.48 Å². The molecule has 0 aromatic heterocycles. The first-order valence-electron chi connectivity index (χ1n) is 2.70. The molecule has 8 nitrogen and oxygen atoms in total. The number of amidine groups is 1. The van der Waals surface area contributed by atoms with Crippen molar-refractivity contribution in [2.24, 2.45) is 20.4 Å². The smallest absolute Gasteiger partial charge is 0.350 e. The lowest BCUT2D eigenvalue weighted by atomic mass is 10.3. The van der Waals surface area contributed by atoms with Gasteiger partial charge in [-0.3, -0.25) is 10.1 Å². The molecule has 0 aromatic carbocycles. The average Bonchev–Trinajstić information content (AvgIpc) is 2.34. The van der Waals surface area contributed by atoms with Gasteiger partial charge in [0.1, 0.15) is 0 Å². The minimum absolute atomic E-state index is 0. The molecule has 0 aliphatic carbocycles. The molecule has 2 aliphatic rings. The molecule has 2 heterocycles. The van der Waals surface area contributed by atoms with E-state index < -0.39 is 11.9 Å². The van der Waals surface area contributed by atoms with E-state index in [9.17, 15) is 9.59 Å². The lowest BCUT2D eigenvalue weighted by Gasteiger charge is -2.03. The third kappa shape index (κ3) is 0.992. The molecule has 0 radical (unpaired) electrons. The quantitative estimate of drug-likeness (QED) is 0.480. The molecule has 0 spiro atoms. The van der Waals surface area contributed by atoms with E-state index in [0.717, 1.165) is 0 Å². The van der Waals surface area contributed by atoms with Crippen molar-refractivity contribution < 1.29 is 15.1 Å². The SMILES string of the molecule is O.O=C1N=C2N=NN=C2C(=O)N1. The van der Waals surface area contributed by atoms with E-state index in [1.54, 1.807) is 0 Å². The molecule has 3 amide bonds. The predicted octanol–water partition coefficient (Wildman–Crippen LogP) is -1.37. The number of hydrogen-bond donors (Lipinski definition) is 1. The topological polar surface area (TPSA) is 127 Å². The number of rotatable bonds is 0. The van der Waals surface area contributed by atoms with Gasteiger partial charge in [0.05, 0.1) is 0 Å². The third-order valence-corrected chi connectivity index (χ3v) is 1.14. The van der Waals surface area contributed by atoms with Gasteiger partial charge in [0, 0.05) is 0 Å². The molecule has 2 rings (SSSR count). The van der Waals surface area contributed by atoms with E-state index in [1.807, 2.05) is 5.32 Å². The van der Waals surface area contributed by atoms with Crippen LogP contribution in [0.5, 0.6) is 0 Å². The summed E-state index contributed by atoms with van der Waals surface area (Å²) >= 11 is 0. The fourth-order valence-electron chi connectivity index (χ4n) is 0.704. The van der Waals surface area contributed by atoms with Crippen LogP contribution in [0.3, 0.4) is 0 Å². The number of urea groups is 1. The van der Waals surface area contributed by atoms with Crippen LogP contribution >= 0.6 is 0 Å². The summed E-state index contributed by atoms with van der Waals surface area (Å²) in [6.45, 7) is 0. The molecule has 0 atom stereocenters. The standard InChI is InChI=1S/C4HN5O2.H2O/c10-3-1-2(8-9-7-1)5-4(11)6-3;/h(H,6,10,11);1H2. The summed E-state index contributed by atoms with van der Waals surface area (Å²) in [5.41, 5.74) is -0.00963. The van der Waals surface area contributed by atoms with Gasteiger partial charge >= 0.3 is 6.03 Å². The van der Waals surface area contributed by atoms with Crippen molar-refractivity contribution in [3.8, 4) is 0 Å². The molecule has 0 saturated carbocycles. The molecule has 2 aliphatic heterocycles. The molecule has 0 saturated heterocycles. The van der Waals surface area contributed by atoms with Crippen LogP contribution in [-0.2, 0) is 4.79 Å². The Morgan fingerprint density at radius 3 is 2.75 bits per heavy atom. The molecule has 0 unspecified atom stereocenters. The van der Waals surface area contributed by atoms with Gasteiger partial charge in [-0.05, 0) is 5.22 Å². The van der Waals surface area contributed by atoms with E-state index >= 15 is 0 Å². The van der Waals surface area contributed by atoms with Crippen molar-refractivity contribution in [2.75, 3.05) is 0 Å². The second kappa shape index (κ2) is 2.58. The molecule has 12 heavy (non-hydrogen) atoms. The molecule has 0 bridgehead atoms. The summed E-state index contributed by atoms with van der Waals surface area (Å²) in [6.07, 6.45) is 0. The Bertz CT molecular complexity index is 341. The summed E-state index contributed by atoms with van der Waals surface area (Å²) in [4.78, 5) is 24.7. The zero-order chi connectivity index (χ0) is 7.84. The largest absolute Gasteiger partial charge is 0.412 e. The zero-order valence-electron chi connectivity index (χ0n) is 5.61. The van der Waals surface area contributed by atoms with Gasteiger partial charge in [-0.25, -0.2) is 4.79 Å². The van der Waals surface area contributed by atoms with Crippen molar-refractivity contribution in [3.05, 3.63) is 0 Å². The number of nitrogens with zero attached hydrogens (tertiary/aromatic N) is 4. The zero-order valence-corrected chi connectivity index (χ0v) is 5.61. The van der Waals surface area contributed by atoms with Crippen LogP contribution in [0.4, 0.5) is 4.79 Å². The highest BCUT2D eigenvalue weighted by atomic mass is 16.2. The summed E-state index contributed by atoms with van der Waals surface area (Å²) in [5.74, 6) is -0.622. The van der Waals surface area contributed by atoms with Gasteiger partial charge in [-0.1, -0.05) is 0 Å². The van der Waals surface area contributed by atoms with Gasteiger partial charge in [0.15, 0.2) is 5.71 Å². The number of aliphatic imine (C=N–C) groups is 1. The summed E-state index contributed by atoms with van der Waals surface area (Å²) in [5, 5.41) is 11.8. The van der Waals surface area contributed by atoms with Crippen LogP contribution in [0.25, 0.3) is 0 Å². The van der Waals surface area contributed by atoms with Crippen LogP contribution in [0.1, 0.15) is 0 Å². The normalized spacial score (nSPS) is 19.0. The fraction of sp³-hybridized carbons (Fsp3) is 0. The summed E-state index contributed by atoms with van der Waals surface area (Å²) in [7, 11) is 0. The minimum Gasteiger partial charge on any atom is -0.412 e. The van der Waals surface area contributed by atoms with Crippen molar-refractivity contribution in [3.63, 3.8) is 0 Å². The highest BCUT2D eigenvalue weighted by Gasteiger charge is 2.29. The van der Waals surface area contributed by atoms with Gasteiger partial charge in [-0.15, -0.1) is 10.2 Å². The summed E-state index contributed by atoms with van der Waals surface area (Å²) < 4.78 is 0. The van der Waals surface area contributed by atoms with E-state index in [-0.39, 0.29) is 17.0 Å². The first-order chi connectivity index (χ1) is 5.27. The predicted molar refractivity (Wildman–Crippen MR) is 36.9 cm³/mol. The minimum atomic E-state index is -0.732. The Kier molecular flexibility index (Phi) is 1.75. The maximum Gasteiger partial charge on any atom is 0.350 e. The molecular weight excluding hydrogens is 166 g/mol. The Balaban J connectivity index is 0.000000720. The molecule has 0 fully saturated rings. The monoisotopic (exact) mass is 169 g/mol. The van der Waals surface area contributed by atoms with E-state index in [0.29, 0.717) is 0 Å². The van der Waals surface area contributed by atoms with Crippen molar-refractivity contribution in [1.29, 1.82) is 0 Å². The second-order valence-electron chi connectivity index (χ2n) is 1.83. The van der Waals surface area contributed by atoms with Crippen LogP contribution in [0, 0.1) is 0 Å². The molecule has 3 N–H and O–H groups in total. The highest BCUT2D eigenvalue weighted by molar-refractivity contribution is 6.69. The number of hydrogen-bond acceptors (Lipinski definition) is 5. The number of fused-ring (bicyclic) bond motifs is 1. The van der Waals surface area contributed by atoms with E-state index in [2.05, 4.69) is 20.4 Å². The lowest BCUT2D eigenvalue weighted by Crippen LogP contribution is -2.41. The van der Waals surface area contributed by atoms with Crippen LogP contribution in [-0.4, -0.2) is 29.0 Å². The number of carbonyl (C=O) groups excluding carboxylic acids is 2. The van der Waals surface area contributed by atoms with Gasteiger partial charge in [-0.2, -0.15) is 4.99 Å². The van der Waals surface area contributed by atoms with Crippen LogP contribution in [0.15, 0.2) is 20.4 Å². The van der Waals surface area contributed by atoms with Gasteiger partial charge in [0.25, 0.3) is 5.91 Å². The van der Waals surface area contributed by atoms with Crippen molar-refractivity contribution >= 4 is 23.5 Å². The Morgan fingerprint density at radius 2 is 2.00 bits per heavy atom. The Labute approximate surface area is 65.4 Å². The average molecular weight is 169 g/mol. The first kappa shape index (κ1) is 8.14. The molecular formula is C4H3N5O3. The first-order valence-corrected chi connectivity index (χ1v) is 2.70. The van der Waals surface area contributed by atoms with Crippen molar-refractivity contribution in [2.45, 2.75) is 0 Å². The van der Waals surface area contributed by atoms with E-state index in [4.69, 9.17) is 0 Å². The molecule has 62 valence electrons. The lowest BCUT2D eigenvalue weighted by molar-refractivity contribution is -0.113. The Hall–Kier alpha value is -1.96. The van der Waals surface area contributed by atoms with Gasteiger partial charge in [0.2, 0.25) is 5.84 Å². The number of imide groups is 1. The molecule has 0 aromatic rings. The molecule has 8 heteroatoms. The summed E-state index contributed by atoms with van der Waals surface area (Å²) in [6, 6.07) is -0.732. The van der Waals surface area contributed by atoms with E-state index in [1.165, 1.54) is 0 Å². The Morgan fingerprint density at radius 1 is 1.25 bits per heavy atom. The fourth-order valence-corrected chi connectivity index (χ4v) is 0.704. The highest BCUT2D eigenvalue weighted by Crippen LogP contribution is 2.03. The second-order valence-corrected chi connectivity index (χ2v) is 1.83. The number of carbonyl (C=O) groups is 2. The van der Waals surface area contributed by atoms with Crippen LogP contribution < -0.4 is 5.32 Å².